The molecule has 3 aromatic rings. The summed E-state index contributed by atoms with van der Waals surface area (Å²) < 4.78 is 1.90. The first-order valence-electron chi connectivity index (χ1n) is 7.13. The van der Waals surface area contributed by atoms with Crippen LogP contribution in [-0.4, -0.2) is 14.8 Å². The maximum absolute atomic E-state index is 3.85. The fraction of sp³-hybridized carbons (Fsp3) is 0.176. The smallest absolute Gasteiger partial charge is 0.123 e. The molecule has 4 heteroatoms. The van der Waals surface area contributed by atoms with Gasteiger partial charge in [0.25, 0.3) is 0 Å². The Kier molecular flexibility index (Phi) is 3.96. The lowest BCUT2D eigenvalue weighted by molar-refractivity contribution is 0.749. The third-order valence-corrected chi connectivity index (χ3v) is 3.51. The summed E-state index contributed by atoms with van der Waals surface area (Å²) in [4.78, 5) is 0. The van der Waals surface area contributed by atoms with Crippen molar-refractivity contribution >= 4 is 5.69 Å². The van der Waals surface area contributed by atoms with E-state index in [1.165, 1.54) is 5.56 Å². The zero-order chi connectivity index (χ0) is 14.5. The summed E-state index contributed by atoms with van der Waals surface area (Å²) in [5.74, 6) is 0. The van der Waals surface area contributed by atoms with Crippen LogP contribution in [0.4, 0.5) is 5.69 Å². The highest BCUT2D eigenvalue weighted by Gasteiger charge is 2.08. The molecule has 0 bridgehead atoms. The van der Waals surface area contributed by atoms with Crippen molar-refractivity contribution in [2.75, 3.05) is 5.32 Å². The Morgan fingerprint density at radius 2 is 1.76 bits per heavy atom. The van der Waals surface area contributed by atoms with Crippen molar-refractivity contribution in [2.24, 2.45) is 0 Å². The summed E-state index contributed by atoms with van der Waals surface area (Å²) in [6.45, 7) is 2.19. The molecule has 1 N–H and O–H groups in total. The minimum absolute atomic E-state index is 0.308. The molecule has 0 saturated carbocycles. The third-order valence-electron chi connectivity index (χ3n) is 3.51. The molecule has 1 aromatic heterocycles. The molecule has 1 unspecified atom stereocenters. The number of nitrogens with zero attached hydrogens (tertiary/aromatic N) is 3. The predicted octanol–water partition coefficient (Wildman–Crippen LogP) is 3.83. The van der Waals surface area contributed by atoms with E-state index in [9.17, 15) is 0 Å². The highest BCUT2D eigenvalue weighted by Crippen LogP contribution is 2.23. The first-order chi connectivity index (χ1) is 10.4. The summed E-state index contributed by atoms with van der Waals surface area (Å²) in [5.41, 5.74) is 3.44. The van der Waals surface area contributed by atoms with E-state index >= 15 is 0 Å². The lowest BCUT2D eigenvalue weighted by Gasteiger charge is -2.19. The second-order valence-electron chi connectivity index (χ2n) is 4.94. The summed E-state index contributed by atoms with van der Waals surface area (Å²) in [6.07, 6.45) is 4.43. The Hall–Kier alpha value is -2.62. The van der Waals surface area contributed by atoms with E-state index < -0.39 is 0 Å². The number of benzene rings is 2. The number of aromatic nitrogens is 3. The largest absolute Gasteiger partial charge is 0.378 e. The number of rotatable bonds is 5. The van der Waals surface area contributed by atoms with Gasteiger partial charge in [0.1, 0.15) is 12.7 Å². The summed E-state index contributed by atoms with van der Waals surface area (Å²) in [6, 6.07) is 19.1. The van der Waals surface area contributed by atoms with Crippen molar-refractivity contribution in [3.63, 3.8) is 0 Å². The van der Waals surface area contributed by atoms with Crippen LogP contribution in [0, 0.1) is 0 Å². The van der Waals surface area contributed by atoms with Gasteiger partial charge in [-0.1, -0.05) is 43.3 Å². The van der Waals surface area contributed by atoms with Gasteiger partial charge in [-0.15, -0.1) is 10.2 Å². The van der Waals surface area contributed by atoms with Gasteiger partial charge in [0, 0.05) is 5.69 Å². The van der Waals surface area contributed by atoms with Crippen LogP contribution in [0.5, 0.6) is 0 Å². The van der Waals surface area contributed by atoms with Crippen LogP contribution >= 0.6 is 0 Å². The summed E-state index contributed by atoms with van der Waals surface area (Å²) in [5, 5.41) is 11.3. The highest BCUT2D eigenvalue weighted by atomic mass is 15.2. The molecule has 0 aliphatic carbocycles. The van der Waals surface area contributed by atoms with Crippen molar-refractivity contribution in [1.29, 1.82) is 0 Å². The van der Waals surface area contributed by atoms with E-state index in [4.69, 9.17) is 0 Å². The Labute approximate surface area is 124 Å². The van der Waals surface area contributed by atoms with E-state index in [0.717, 1.165) is 17.8 Å². The molecule has 1 atom stereocenters. The molecule has 106 valence electrons. The fourth-order valence-electron chi connectivity index (χ4n) is 2.40. The Morgan fingerprint density at radius 1 is 1.00 bits per heavy atom. The van der Waals surface area contributed by atoms with Crippen molar-refractivity contribution in [3.8, 4) is 5.69 Å². The van der Waals surface area contributed by atoms with Gasteiger partial charge in [0.05, 0.1) is 11.7 Å². The second-order valence-corrected chi connectivity index (χ2v) is 4.94. The maximum atomic E-state index is 3.85. The van der Waals surface area contributed by atoms with Crippen molar-refractivity contribution in [1.82, 2.24) is 14.8 Å². The predicted molar refractivity (Wildman–Crippen MR) is 84.5 cm³/mol. The number of nitrogens with one attached hydrogen (secondary N) is 1. The first-order valence-corrected chi connectivity index (χ1v) is 7.13. The summed E-state index contributed by atoms with van der Waals surface area (Å²) >= 11 is 0. The fourth-order valence-corrected chi connectivity index (χ4v) is 2.40. The van der Waals surface area contributed by atoms with Gasteiger partial charge in [0.15, 0.2) is 0 Å². The van der Waals surface area contributed by atoms with E-state index in [1.54, 1.807) is 12.7 Å². The molecular weight excluding hydrogens is 260 g/mol. The van der Waals surface area contributed by atoms with Gasteiger partial charge < -0.3 is 5.32 Å². The van der Waals surface area contributed by atoms with Crippen LogP contribution in [-0.2, 0) is 0 Å². The van der Waals surface area contributed by atoms with Crippen LogP contribution in [0.25, 0.3) is 5.69 Å². The maximum Gasteiger partial charge on any atom is 0.123 e. The first kappa shape index (κ1) is 13.4. The minimum atomic E-state index is 0.308. The molecular formula is C17H18N4. The molecule has 21 heavy (non-hydrogen) atoms. The zero-order valence-electron chi connectivity index (χ0n) is 12.0. The number of hydrogen-bond donors (Lipinski definition) is 1. The van der Waals surface area contributed by atoms with Gasteiger partial charge in [-0.25, -0.2) is 0 Å². The molecule has 0 spiro atoms. The van der Waals surface area contributed by atoms with Crippen molar-refractivity contribution in [2.45, 2.75) is 19.4 Å². The minimum Gasteiger partial charge on any atom is -0.378 e. The average molecular weight is 278 g/mol. The zero-order valence-corrected chi connectivity index (χ0v) is 12.0. The van der Waals surface area contributed by atoms with Gasteiger partial charge in [-0.3, -0.25) is 4.57 Å². The van der Waals surface area contributed by atoms with E-state index in [2.05, 4.69) is 58.8 Å². The van der Waals surface area contributed by atoms with Crippen LogP contribution in [0.2, 0.25) is 0 Å². The molecule has 3 rings (SSSR count). The average Bonchev–Trinajstić information content (AvgIpc) is 3.08. The topological polar surface area (TPSA) is 42.7 Å². The molecule has 0 saturated heterocycles. The van der Waals surface area contributed by atoms with Crippen LogP contribution in [0.1, 0.15) is 24.9 Å². The van der Waals surface area contributed by atoms with Crippen LogP contribution in [0.3, 0.4) is 0 Å². The normalized spacial score (nSPS) is 12.0. The van der Waals surface area contributed by atoms with E-state index in [0.29, 0.717) is 6.04 Å². The number of anilines is 1. The Balaban J connectivity index is 1.82. The third kappa shape index (κ3) is 3.11. The summed E-state index contributed by atoms with van der Waals surface area (Å²) in [7, 11) is 0. The van der Waals surface area contributed by atoms with E-state index in [-0.39, 0.29) is 0 Å². The van der Waals surface area contributed by atoms with Gasteiger partial charge in [-0.05, 0) is 30.2 Å². The lowest BCUT2D eigenvalue weighted by Crippen LogP contribution is -2.09. The standard InChI is InChI=1S/C17H18N4/c1-2-17(14-7-4-3-5-8-14)20-15-9-6-10-16(11-15)21-12-18-19-13-21/h3-13,17,20H,2H2,1H3. The Morgan fingerprint density at radius 3 is 2.48 bits per heavy atom. The molecule has 0 aliphatic heterocycles. The quantitative estimate of drug-likeness (QED) is 0.771. The molecule has 0 fully saturated rings. The SMILES string of the molecule is CCC(Nc1cccc(-n2cnnc2)c1)c1ccccc1. The van der Waals surface area contributed by atoms with E-state index in [1.807, 2.05) is 22.8 Å². The number of hydrogen-bond acceptors (Lipinski definition) is 3. The van der Waals surface area contributed by atoms with Crippen molar-refractivity contribution < 1.29 is 0 Å². The molecule has 4 nitrogen and oxygen atoms in total. The second kappa shape index (κ2) is 6.22. The van der Waals surface area contributed by atoms with Gasteiger partial charge in [0.2, 0.25) is 0 Å². The lowest BCUT2D eigenvalue weighted by atomic mass is 10.0. The van der Waals surface area contributed by atoms with Gasteiger partial charge in [-0.2, -0.15) is 0 Å². The Bertz CT molecular complexity index is 677. The van der Waals surface area contributed by atoms with Gasteiger partial charge >= 0.3 is 0 Å². The van der Waals surface area contributed by atoms with Crippen LogP contribution < -0.4 is 5.32 Å². The monoisotopic (exact) mass is 278 g/mol. The van der Waals surface area contributed by atoms with Crippen molar-refractivity contribution in [3.05, 3.63) is 72.8 Å². The molecule has 0 amide bonds. The molecule has 2 aromatic carbocycles. The molecule has 0 aliphatic rings. The highest BCUT2D eigenvalue weighted by molar-refractivity contribution is 5.52. The molecule has 1 heterocycles. The molecule has 0 radical (unpaired) electrons. The van der Waals surface area contributed by atoms with Crippen LogP contribution in [0.15, 0.2) is 67.3 Å².